The number of aliphatic carboxylic acids is 1. The second-order valence-electron chi connectivity index (χ2n) is 4.78. The first kappa shape index (κ1) is 21.6. The van der Waals surface area contributed by atoms with Gasteiger partial charge in [0.15, 0.2) is 0 Å². The molecule has 0 bridgehead atoms. The number of halogens is 4. The summed E-state index contributed by atoms with van der Waals surface area (Å²) in [5.41, 5.74) is -0.926. The quantitative estimate of drug-likeness (QED) is 0.380. The van der Waals surface area contributed by atoms with E-state index in [4.69, 9.17) is 16.3 Å². The van der Waals surface area contributed by atoms with E-state index in [-0.39, 0.29) is 51.5 Å². The molecule has 1 atom stereocenters. The fraction of sp³-hybridized carbons (Fsp3) is 0.250. The zero-order valence-corrected chi connectivity index (χ0v) is 15.9. The monoisotopic (exact) mass is 380 g/mol. The Morgan fingerprint density at radius 3 is 2.52 bits per heavy atom. The zero-order valence-electron chi connectivity index (χ0n) is 13.2. The largest absolute Gasteiger partial charge is 1.00 e. The van der Waals surface area contributed by atoms with Crippen molar-refractivity contribution >= 4 is 29.4 Å². The van der Waals surface area contributed by atoms with Gasteiger partial charge >= 0.3 is 35.7 Å². The topological polar surface area (TPSA) is 66.4 Å². The number of ketones is 1. The smallest absolute Gasteiger partial charge is 0.541 e. The van der Waals surface area contributed by atoms with E-state index in [1.807, 2.05) is 0 Å². The van der Waals surface area contributed by atoms with E-state index in [1.165, 1.54) is 12.1 Å². The molecule has 0 aliphatic carbocycles. The first-order chi connectivity index (χ1) is 11.1. The van der Waals surface area contributed by atoms with Gasteiger partial charge in [0.2, 0.25) is 11.9 Å². The number of ether oxygens (including phenoxy) is 1. The standard InChI is InChI=1S/C16H10ClF3O4.Na/c1-2-3-4-8-5-10(17)6-9-7-11(12(21)15(22)23)14(16(18,19)20)24-13(8)9;/h5-7,14H,2H2,1H3,(H,22,23);/q;+1/p-1/t14-;/m0./s1. The fourth-order valence-corrected chi connectivity index (χ4v) is 2.33. The molecule has 0 amide bonds. The van der Waals surface area contributed by atoms with Crippen LogP contribution in [0.4, 0.5) is 13.2 Å². The Labute approximate surface area is 168 Å². The third kappa shape index (κ3) is 4.79. The predicted octanol–water partition coefficient (Wildman–Crippen LogP) is -0.869. The van der Waals surface area contributed by atoms with Crippen molar-refractivity contribution in [3.63, 3.8) is 0 Å². The van der Waals surface area contributed by atoms with Crippen LogP contribution in [0.1, 0.15) is 24.5 Å². The second kappa shape index (κ2) is 8.28. The van der Waals surface area contributed by atoms with E-state index in [2.05, 4.69) is 11.8 Å². The first-order valence-corrected chi connectivity index (χ1v) is 7.06. The number of alkyl halides is 3. The SMILES string of the molecule is CCC#Cc1cc(Cl)cc2c1O[C@H](C(F)(F)F)C(C(=O)C(=O)[O-])=C2.[Na+]. The maximum atomic E-state index is 13.2. The Morgan fingerprint density at radius 2 is 2.00 bits per heavy atom. The number of fused-ring (bicyclic) bond motifs is 1. The maximum Gasteiger partial charge on any atom is 1.00 e. The summed E-state index contributed by atoms with van der Waals surface area (Å²) < 4.78 is 44.4. The van der Waals surface area contributed by atoms with Gasteiger partial charge in [-0.15, -0.1) is 0 Å². The molecule has 1 aliphatic rings. The van der Waals surface area contributed by atoms with Gasteiger partial charge in [-0.1, -0.05) is 30.4 Å². The summed E-state index contributed by atoms with van der Waals surface area (Å²) in [6, 6.07) is 2.58. The van der Waals surface area contributed by atoms with Gasteiger partial charge in [0, 0.05) is 17.0 Å². The number of rotatable bonds is 2. The molecular weight excluding hydrogens is 372 g/mol. The Hall–Kier alpha value is -1.46. The number of benzene rings is 1. The number of carbonyl (C=O) groups excluding carboxylic acids is 2. The Morgan fingerprint density at radius 1 is 1.36 bits per heavy atom. The van der Waals surface area contributed by atoms with Crippen LogP contribution in [0.2, 0.25) is 5.02 Å². The van der Waals surface area contributed by atoms with Crippen molar-refractivity contribution in [2.24, 2.45) is 0 Å². The summed E-state index contributed by atoms with van der Waals surface area (Å²) in [5, 5.41) is 10.8. The number of hydrogen-bond acceptors (Lipinski definition) is 4. The number of Topliss-reactive ketones (excluding diaryl/α,β-unsaturated/α-hetero) is 1. The van der Waals surface area contributed by atoms with E-state index in [9.17, 15) is 27.9 Å². The van der Waals surface area contributed by atoms with Gasteiger partial charge in [-0.25, -0.2) is 0 Å². The third-order valence-electron chi connectivity index (χ3n) is 3.06. The Kier molecular flexibility index (Phi) is 7.15. The van der Waals surface area contributed by atoms with Gasteiger partial charge in [0.25, 0.3) is 0 Å². The van der Waals surface area contributed by atoms with Crippen LogP contribution in [0.3, 0.4) is 0 Å². The summed E-state index contributed by atoms with van der Waals surface area (Å²) in [5.74, 6) is 1.05. The van der Waals surface area contributed by atoms with Crippen molar-refractivity contribution in [2.45, 2.75) is 25.6 Å². The summed E-state index contributed by atoms with van der Waals surface area (Å²) >= 11 is 5.89. The van der Waals surface area contributed by atoms with Crippen LogP contribution in [0.5, 0.6) is 5.75 Å². The molecule has 1 aliphatic heterocycles. The van der Waals surface area contributed by atoms with Crippen molar-refractivity contribution < 1.29 is 62.2 Å². The average Bonchev–Trinajstić information content (AvgIpc) is 2.49. The Bertz CT molecular complexity index is 806. The average molecular weight is 381 g/mol. The van der Waals surface area contributed by atoms with E-state index >= 15 is 0 Å². The van der Waals surface area contributed by atoms with E-state index in [1.54, 1.807) is 6.92 Å². The van der Waals surface area contributed by atoms with Gasteiger partial charge in [-0.2, -0.15) is 13.2 Å². The summed E-state index contributed by atoms with van der Waals surface area (Å²) in [6.07, 6.45) is -6.48. The van der Waals surface area contributed by atoms with Crippen LogP contribution in [0.15, 0.2) is 17.7 Å². The van der Waals surface area contributed by atoms with Gasteiger partial charge in [-0.3, -0.25) is 4.79 Å². The summed E-state index contributed by atoms with van der Waals surface area (Å²) in [6.45, 7) is 1.75. The van der Waals surface area contributed by atoms with Crippen molar-refractivity contribution in [3.8, 4) is 17.6 Å². The molecule has 2 rings (SSSR count). The molecule has 0 saturated heterocycles. The van der Waals surface area contributed by atoms with Crippen LogP contribution < -0.4 is 39.4 Å². The molecule has 1 aromatic carbocycles. The van der Waals surface area contributed by atoms with Gasteiger partial charge in [0.1, 0.15) is 11.7 Å². The van der Waals surface area contributed by atoms with Gasteiger partial charge in [0.05, 0.1) is 11.1 Å². The van der Waals surface area contributed by atoms with Crippen LogP contribution >= 0.6 is 11.6 Å². The minimum atomic E-state index is -5.00. The molecule has 25 heavy (non-hydrogen) atoms. The molecule has 0 unspecified atom stereocenters. The van der Waals surface area contributed by atoms with E-state index in [0.717, 1.165) is 6.08 Å². The van der Waals surface area contributed by atoms with Crippen LogP contribution in [0.25, 0.3) is 6.08 Å². The Balaban J connectivity index is 0.00000312. The van der Waals surface area contributed by atoms with E-state index in [0.29, 0.717) is 6.42 Å². The molecule has 0 saturated carbocycles. The molecular formula is C16H9ClF3NaO4. The van der Waals surface area contributed by atoms with Crippen molar-refractivity contribution in [1.29, 1.82) is 0 Å². The number of carbonyl (C=O) groups is 2. The molecule has 4 nitrogen and oxygen atoms in total. The van der Waals surface area contributed by atoms with Gasteiger partial charge < -0.3 is 14.6 Å². The molecule has 0 radical (unpaired) electrons. The molecule has 0 fully saturated rings. The first-order valence-electron chi connectivity index (χ1n) is 6.68. The van der Waals surface area contributed by atoms with Crippen molar-refractivity contribution in [1.82, 2.24) is 0 Å². The van der Waals surface area contributed by atoms with Gasteiger partial charge in [-0.05, 0) is 18.2 Å². The van der Waals surface area contributed by atoms with Crippen LogP contribution in [-0.4, -0.2) is 24.0 Å². The fourth-order valence-electron chi connectivity index (χ4n) is 2.10. The van der Waals surface area contributed by atoms with Crippen LogP contribution in [0, 0.1) is 11.8 Å². The number of carboxylic acids is 1. The molecule has 0 spiro atoms. The predicted molar refractivity (Wildman–Crippen MR) is 77.1 cm³/mol. The number of hydrogen-bond donors (Lipinski definition) is 0. The normalized spacial score (nSPS) is 15.6. The molecule has 0 aromatic heterocycles. The maximum absolute atomic E-state index is 13.2. The van der Waals surface area contributed by atoms with E-state index < -0.39 is 29.6 Å². The minimum absolute atomic E-state index is 0. The molecule has 1 aromatic rings. The van der Waals surface area contributed by atoms with Crippen molar-refractivity contribution in [3.05, 3.63) is 33.9 Å². The van der Waals surface area contributed by atoms with Crippen LogP contribution in [-0.2, 0) is 9.59 Å². The second-order valence-corrected chi connectivity index (χ2v) is 5.22. The molecule has 126 valence electrons. The summed E-state index contributed by atoms with van der Waals surface area (Å²) in [7, 11) is 0. The molecule has 0 N–H and O–H groups in total. The van der Waals surface area contributed by atoms with Crippen molar-refractivity contribution in [2.75, 3.05) is 0 Å². The molecule has 9 heteroatoms. The summed E-state index contributed by atoms with van der Waals surface area (Å²) in [4.78, 5) is 22.2. The number of carboxylic acid groups (broad SMARTS) is 1. The molecule has 1 heterocycles. The minimum Gasteiger partial charge on any atom is -0.541 e. The zero-order chi connectivity index (χ0) is 18.1. The third-order valence-corrected chi connectivity index (χ3v) is 3.27.